The number of benzene rings is 3. The topological polar surface area (TPSA) is 80.0 Å². The van der Waals surface area contributed by atoms with E-state index in [1.807, 2.05) is 25.1 Å². The summed E-state index contributed by atoms with van der Waals surface area (Å²) in [5.74, 6) is -2.86. The average molecular weight is 608 g/mol. The first-order valence-electron chi connectivity index (χ1n) is 14.4. The Morgan fingerprint density at radius 2 is 1.89 bits per heavy atom. The Labute approximate surface area is 252 Å². The van der Waals surface area contributed by atoms with Gasteiger partial charge in [0.1, 0.15) is 29.5 Å². The molecule has 5 aromatic rings. The molecule has 6 nitrogen and oxygen atoms in total. The zero-order chi connectivity index (χ0) is 31.4. The molecule has 0 radical (unpaired) electrons. The molecule has 0 saturated carbocycles. The third-order valence-electron chi connectivity index (χ3n) is 8.12. The van der Waals surface area contributed by atoms with E-state index >= 15 is 8.78 Å². The highest BCUT2D eigenvalue weighted by Crippen LogP contribution is 2.45. The van der Waals surface area contributed by atoms with Gasteiger partial charge in [-0.25, -0.2) is 22.5 Å². The first-order chi connectivity index (χ1) is 21.2. The lowest BCUT2D eigenvalue weighted by Gasteiger charge is -2.36. The fraction of sp³-hybridized carbons (Fsp3) is 0.294. The summed E-state index contributed by atoms with van der Waals surface area (Å²) in [5, 5.41) is -0.0498. The van der Waals surface area contributed by atoms with Crippen LogP contribution in [0.4, 0.5) is 17.6 Å². The highest BCUT2D eigenvalue weighted by molar-refractivity contribution is 5.82. The van der Waals surface area contributed by atoms with E-state index in [9.17, 15) is 13.6 Å². The summed E-state index contributed by atoms with van der Waals surface area (Å²) in [6, 6.07) is 11.3. The highest BCUT2D eigenvalue weighted by atomic mass is 19.2. The Morgan fingerprint density at radius 1 is 1.09 bits per heavy atom. The van der Waals surface area contributed by atoms with Crippen LogP contribution in [0.1, 0.15) is 54.6 Å². The molecule has 1 aliphatic rings. The van der Waals surface area contributed by atoms with Crippen molar-refractivity contribution in [1.82, 2.24) is 15.0 Å². The van der Waals surface area contributed by atoms with Gasteiger partial charge in [-0.05, 0) is 56.0 Å². The van der Waals surface area contributed by atoms with Crippen LogP contribution in [0.15, 0.2) is 54.9 Å². The minimum atomic E-state index is -1.28. The summed E-state index contributed by atoms with van der Waals surface area (Å²) in [5.41, 5.74) is 1.98. The number of rotatable bonds is 8. The van der Waals surface area contributed by atoms with Crippen LogP contribution < -0.4 is 4.74 Å². The number of hydrogen-bond acceptors (Lipinski definition) is 4. The number of nitrogens with zero attached hydrogens (tertiary/aromatic N) is 1. The van der Waals surface area contributed by atoms with Gasteiger partial charge in [0.05, 0.1) is 17.7 Å². The van der Waals surface area contributed by atoms with E-state index in [1.54, 1.807) is 13.3 Å². The van der Waals surface area contributed by atoms with Crippen molar-refractivity contribution in [2.45, 2.75) is 44.9 Å². The highest BCUT2D eigenvalue weighted by Gasteiger charge is 2.37. The van der Waals surface area contributed by atoms with Crippen LogP contribution in [0.5, 0.6) is 5.75 Å². The number of hydrogen-bond donors (Lipinski definition) is 2. The summed E-state index contributed by atoms with van der Waals surface area (Å²) in [4.78, 5) is 21.1. The number of carbonyl (C=O) groups is 1. The van der Waals surface area contributed by atoms with E-state index < -0.39 is 34.2 Å². The molecule has 0 spiro atoms. The van der Waals surface area contributed by atoms with Gasteiger partial charge < -0.3 is 24.2 Å². The molecule has 10 heteroatoms. The van der Waals surface area contributed by atoms with E-state index in [4.69, 9.17) is 4.74 Å². The maximum Gasteiger partial charge on any atom is 0.183 e. The van der Waals surface area contributed by atoms with Crippen LogP contribution in [0.3, 0.4) is 0 Å². The van der Waals surface area contributed by atoms with Crippen molar-refractivity contribution < 1.29 is 31.8 Å². The number of aromatic amines is 2. The van der Waals surface area contributed by atoms with Gasteiger partial charge in [-0.2, -0.15) is 0 Å². The van der Waals surface area contributed by atoms with Crippen LogP contribution in [-0.2, 0) is 27.8 Å². The predicted molar refractivity (Wildman–Crippen MR) is 160 cm³/mol. The van der Waals surface area contributed by atoms with Gasteiger partial charge in [-0.3, -0.25) is 0 Å². The van der Waals surface area contributed by atoms with Gasteiger partial charge in [0.15, 0.2) is 11.6 Å². The quantitative estimate of drug-likeness (QED) is 0.108. The molecule has 2 N–H and O–H groups in total. The first-order valence-corrected chi connectivity index (χ1v) is 14.4. The van der Waals surface area contributed by atoms with E-state index in [2.05, 4.69) is 26.6 Å². The van der Waals surface area contributed by atoms with Gasteiger partial charge in [0, 0.05) is 66.6 Å². The van der Waals surface area contributed by atoms with Crippen molar-refractivity contribution in [3.8, 4) is 17.1 Å². The molecule has 3 aromatic carbocycles. The molecule has 1 unspecified atom stereocenters. The lowest BCUT2D eigenvalue weighted by molar-refractivity contribution is -0.107. The summed E-state index contributed by atoms with van der Waals surface area (Å²) >= 11 is 0. The summed E-state index contributed by atoms with van der Waals surface area (Å²) in [7, 11) is 1.68. The molecule has 1 atom stereocenters. The smallest absolute Gasteiger partial charge is 0.183 e. The van der Waals surface area contributed by atoms with Crippen molar-refractivity contribution in [3.63, 3.8) is 0 Å². The van der Waals surface area contributed by atoms with Crippen LogP contribution in [-0.4, -0.2) is 41.6 Å². The van der Waals surface area contributed by atoms with Crippen LogP contribution in [0, 0.1) is 23.3 Å². The molecule has 3 heterocycles. The number of nitrogens with one attached hydrogen (secondary N) is 2. The van der Waals surface area contributed by atoms with E-state index in [0.717, 1.165) is 35.5 Å². The number of aryl methyl sites for hydroxylation is 1. The average Bonchev–Trinajstić information content (AvgIpc) is 3.74. The molecule has 6 rings (SSSR count). The lowest BCUT2D eigenvalue weighted by Crippen LogP contribution is -2.32. The fourth-order valence-corrected chi connectivity index (χ4v) is 5.57. The molecule has 1 aliphatic heterocycles. The van der Waals surface area contributed by atoms with Gasteiger partial charge >= 0.3 is 0 Å². The second kappa shape index (κ2) is 13.1. The lowest BCUT2D eigenvalue weighted by atomic mass is 9.74. The van der Waals surface area contributed by atoms with Crippen LogP contribution in [0.2, 0.25) is 0 Å². The fourth-order valence-electron chi connectivity index (χ4n) is 5.57. The monoisotopic (exact) mass is 607 g/mol. The van der Waals surface area contributed by atoms with E-state index in [-0.39, 0.29) is 28.7 Å². The third-order valence-corrected chi connectivity index (χ3v) is 8.12. The second-order valence-electron chi connectivity index (χ2n) is 10.8. The van der Waals surface area contributed by atoms with Crippen LogP contribution >= 0.6 is 0 Å². The van der Waals surface area contributed by atoms with Crippen molar-refractivity contribution >= 4 is 17.2 Å². The molecule has 0 bridgehead atoms. The largest absolute Gasteiger partial charge is 0.493 e. The number of para-hydroxylation sites is 1. The SMILES string of the molecule is CC1(c2cnc(-c3cc(Cc4c(F)c(F)c5[nH]ccc5c4F)ccc3F)[nH]2)CCOc2c(CCC=O)cccc21.CCOC. The normalized spacial score (nSPS) is 15.8. The Bertz CT molecular complexity index is 1800. The number of aldehydes is 1. The predicted octanol–water partition coefficient (Wildman–Crippen LogP) is 7.58. The molecule has 0 saturated heterocycles. The maximum atomic E-state index is 15.1. The number of H-pyrrole nitrogens is 2. The number of aromatic nitrogens is 3. The van der Waals surface area contributed by atoms with E-state index in [0.29, 0.717) is 31.4 Å². The van der Waals surface area contributed by atoms with Crippen LogP contribution in [0.25, 0.3) is 22.3 Å². The minimum absolute atomic E-state index is 0.0498. The molecular weight excluding hydrogens is 574 g/mol. The Kier molecular flexibility index (Phi) is 9.20. The number of ether oxygens (including phenoxy) is 2. The Morgan fingerprint density at radius 3 is 2.64 bits per heavy atom. The molecule has 2 aromatic heterocycles. The maximum absolute atomic E-state index is 15.1. The summed E-state index contributed by atoms with van der Waals surface area (Å²) in [6.07, 6.45) is 5.20. The molecule has 0 amide bonds. The Hall–Kier alpha value is -4.44. The van der Waals surface area contributed by atoms with E-state index in [1.165, 1.54) is 30.5 Å². The summed E-state index contributed by atoms with van der Waals surface area (Å²) < 4.78 is 69.9. The van der Waals surface area contributed by atoms with Crippen molar-refractivity contribution in [3.05, 3.63) is 106 Å². The molecule has 44 heavy (non-hydrogen) atoms. The second-order valence-corrected chi connectivity index (χ2v) is 10.8. The molecule has 0 fully saturated rings. The molecule has 230 valence electrons. The number of methoxy groups -OCH3 is 1. The van der Waals surface area contributed by atoms with Crippen molar-refractivity contribution in [1.29, 1.82) is 0 Å². The Balaban J connectivity index is 0.000000906. The van der Waals surface area contributed by atoms with Gasteiger partial charge in [0.2, 0.25) is 0 Å². The van der Waals surface area contributed by atoms with Gasteiger partial charge in [-0.15, -0.1) is 0 Å². The van der Waals surface area contributed by atoms with Gasteiger partial charge in [0.25, 0.3) is 0 Å². The standard InChI is InChI=1S/C31H25F4N3O2.C3H8O/c1-31(10-13-40-29-18(5-3-12-39)4-2-6-22(29)31)24-16-37-30(38-24)20-14-17(7-8-23(20)32)15-21-25(33)19-9-11-36-28(19)27(35)26(21)34;1-3-4-2/h2,4,6-9,11-12,14,16,36H,3,5,10,13,15H2,1H3,(H,37,38);3H2,1-2H3. The summed E-state index contributed by atoms with van der Waals surface area (Å²) in [6.45, 7) is 5.29. The number of carbonyl (C=O) groups excluding carboxylic acids is 1. The number of imidazole rings is 1. The number of halogens is 4. The molecular formula is C34H33F4N3O3. The van der Waals surface area contributed by atoms with Crippen molar-refractivity contribution in [2.75, 3.05) is 20.3 Å². The van der Waals surface area contributed by atoms with Crippen molar-refractivity contribution in [2.24, 2.45) is 0 Å². The van der Waals surface area contributed by atoms with Gasteiger partial charge in [-0.1, -0.05) is 24.3 Å². The zero-order valence-corrected chi connectivity index (χ0v) is 24.7. The zero-order valence-electron chi connectivity index (χ0n) is 24.7. The first kappa shape index (κ1) is 31.0. The molecule has 0 aliphatic carbocycles. The number of fused-ring (bicyclic) bond motifs is 2. The minimum Gasteiger partial charge on any atom is -0.493 e. The third kappa shape index (κ3) is 5.74.